The predicted octanol–water partition coefficient (Wildman–Crippen LogP) is 4.11. The molecule has 0 radical (unpaired) electrons. The van der Waals surface area contributed by atoms with Crippen LogP contribution in [-0.4, -0.2) is 36.4 Å². The number of carbonyl (C=O) groups excluding carboxylic acids is 1. The Labute approximate surface area is 148 Å². The van der Waals surface area contributed by atoms with Gasteiger partial charge in [0.05, 0.1) is 13.7 Å². The lowest BCUT2D eigenvalue weighted by Crippen LogP contribution is -2.26. The van der Waals surface area contributed by atoms with E-state index in [1.54, 1.807) is 7.11 Å². The van der Waals surface area contributed by atoms with Crippen molar-refractivity contribution in [3.63, 3.8) is 0 Å². The Balaban J connectivity index is 1.79. The number of rotatable bonds is 6. The van der Waals surface area contributed by atoms with Gasteiger partial charge in [0.25, 0.3) is 0 Å². The van der Waals surface area contributed by atoms with Crippen molar-refractivity contribution in [2.75, 3.05) is 20.7 Å². The average molecular weight is 336 g/mol. The minimum atomic E-state index is 0.129. The first-order valence-electron chi connectivity index (χ1n) is 8.42. The third-order valence-corrected chi connectivity index (χ3v) is 4.46. The van der Waals surface area contributed by atoms with Gasteiger partial charge in [-0.05, 0) is 33.0 Å². The van der Waals surface area contributed by atoms with E-state index in [1.165, 1.54) is 5.56 Å². The van der Waals surface area contributed by atoms with E-state index in [0.29, 0.717) is 13.1 Å². The zero-order valence-electron chi connectivity index (χ0n) is 15.2. The summed E-state index contributed by atoms with van der Waals surface area (Å²) in [5.41, 5.74) is 4.99. The minimum Gasteiger partial charge on any atom is -0.496 e. The molecule has 0 unspecified atom stereocenters. The van der Waals surface area contributed by atoms with Crippen molar-refractivity contribution in [2.24, 2.45) is 0 Å². The summed E-state index contributed by atoms with van der Waals surface area (Å²) in [4.78, 5) is 18.2. The lowest BCUT2D eigenvalue weighted by molar-refractivity contribution is 0.0943. The molecule has 1 heterocycles. The number of hydrogen-bond donors (Lipinski definition) is 1. The number of ether oxygens (including phenoxy) is 1. The molecule has 0 aliphatic heterocycles. The quantitative estimate of drug-likeness (QED) is 0.689. The average Bonchev–Trinajstić information content (AvgIpc) is 2.90. The van der Waals surface area contributed by atoms with Gasteiger partial charge in [0.15, 0.2) is 5.78 Å². The number of aryl methyl sites for hydroxylation is 2. The van der Waals surface area contributed by atoms with Gasteiger partial charge >= 0.3 is 0 Å². The maximum absolute atomic E-state index is 12.9. The molecule has 0 aliphatic carbocycles. The predicted molar refractivity (Wildman–Crippen MR) is 101 cm³/mol. The van der Waals surface area contributed by atoms with Crippen LogP contribution in [0.5, 0.6) is 5.75 Å². The standard InChI is InChI=1S/C21H24N2O2/c1-14-9-10-20(25-4)16(11-14)12-23(3)13-19(24)21-15(2)22-18-8-6-5-7-17(18)21/h5-11,22H,12-13H2,1-4H3. The van der Waals surface area contributed by atoms with Crippen molar-refractivity contribution in [2.45, 2.75) is 20.4 Å². The second kappa shape index (κ2) is 7.11. The van der Waals surface area contributed by atoms with Crippen molar-refractivity contribution in [1.82, 2.24) is 9.88 Å². The molecule has 2 aromatic carbocycles. The fourth-order valence-electron chi connectivity index (χ4n) is 3.34. The number of nitrogens with zero attached hydrogens (tertiary/aromatic N) is 1. The molecule has 130 valence electrons. The second-order valence-electron chi connectivity index (χ2n) is 6.58. The van der Waals surface area contributed by atoms with Gasteiger partial charge in [-0.1, -0.05) is 35.9 Å². The lowest BCUT2D eigenvalue weighted by Gasteiger charge is -2.18. The van der Waals surface area contributed by atoms with Crippen LogP contribution >= 0.6 is 0 Å². The molecule has 4 nitrogen and oxygen atoms in total. The monoisotopic (exact) mass is 336 g/mol. The zero-order chi connectivity index (χ0) is 18.0. The van der Waals surface area contributed by atoms with Crippen molar-refractivity contribution >= 4 is 16.7 Å². The highest BCUT2D eigenvalue weighted by atomic mass is 16.5. The van der Waals surface area contributed by atoms with E-state index in [9.17, 15) is 4.79 Å². The summed E-state index contributed by atoms with van der Waals surface area (Å²) in [6.07, 6.45) is 0. The van der Waals surface area contributed by atoms with E-state index >= 15 is 0 Å². The Morgan fingerprint density at radius 1 is 1.16 bits per heavy atom. The van der Waals surface area contributed by atoms with Gasteiger partial charge in [0, 0.05) is 34.3 Å². The number of H-pyrrole nitrogens is 1. The number of fused-ring (bicyclic) bond motifs is 1. The normalized spacial score (nSPS) is 11.2. The van der Waals surface area contributed by atoms with E-state index in [4.69, 9.17) is 4.74 Å². The molecule has 1 N–H and O–H groups in total. The molecule has 0 saturated carbocycles. The Bertz CT molecular complexity index is 911. The molecule has 3 aromatic rings. The second-order valence-corrected chi connectivity index (χ2v) is 6.58. The zero-order valence-corrected chi connectivity index (χ0v) is 15.2. The SMILES string of the molecule is COc1ccc(C)cc1CN(C)CC(=O)c1c(C)[nH]c2ccccc12. The minimum absolute atomic E-state index is 0.129. The van der Waals surface area contributed by atoms with Crippen molar-refractivity contribution in [3.05, 3.63) is 64.8 Å². The smallest absolute Gasteiger partial charge is 0.179 e. The van der Waals surface area contributed by atoms with Crippen LogP contribution in [0.25, 0.3) is 10.9 Å². The number of Topliss-reactive ketones (excluding diaryl/α,β-unsaturated/α-hetero) is 1. The van der Waals surface area contributed by atoms with Crippen LogP contribution in [0.15, 0.2) is 42.5 Å². The van der Waals surface area contributed by atoms with Crippen LogP contribution in [0.2, 0.25) is 0 Å². The summed E-state index contributed by atoms with van der Waals surface area (Å²) in [7, 11) is 3.64. The summed E-state index contributed by atoms with van der Waals surface area (Å²) in [6.45, 7) is 5.04. The van der Waals surface area contributed by atoms with Gasteiger partial charge in [0.1, 0.15) is 5.75 Å². The number of aromatic nitrogens is 1. The number of likely N-dealkylation sites (N-methyl/N-ethyl adjacent to an activating group) is 1. The number of methoxy groups -OCH3 is 1. The molecule has 3 rings (SSSR count). The van der Waals surface area contributed by atoms with Crippen LogP contribution in [0.1, 0.15) is 27.2 Å². The molecule has 0 bridgehead atoms. The Kier molecular flexibility index (Phi) is 4.91. The summed E-state index contributed by atoms with van der Waals surface area (Å²) in [6, 6.07) is 14.1. The molecule has 0 spiro atoms. The number of para-hydroxylation sites is 1. The molecular weight excluding hydrogens is 312 g/mol. The van der Waals surface area contributed by atoms with Crippen LogP contribution in [-0.2, 0) is 6.54 Å². The number of nitrogens with one attached hydrogen (secondary N) is 1. The molecule has 0 fully saturated rings. The van der Waals surface area contributed by atoms with Crippen molar-refractivity contribution in [1.29, 1.82) is 0 Å². The summed E-state index contributed by atoms with van der Waals surface area (Å²) in [5.74, 6) is 0.984. The maximum atomic E-state index is 12.9. The fourth-order valence-corrected chi connectivity index (χ4v) is 3.34. The molecule has 25 heavy (non-hydrogen) atoms. The highest BCUT2D eigenvalue weighted by Crippen LogP contribution is 2.24. The van der Waals surface area contributed by atoms with Crippen LogP contribution < -0.4 is 4.74 Å². The fraction of sp³-hybridized carbons (Fsp3) is 0.286. The lowest BCUT2D eigenvalue weighted by atomic mass is 10.1. The highest BCUT2D eigenvalue weighted by Gasteiger charge is 2.18. The number of aromatic amines is 1. The van der Waals surface area contributed by atoms with E-state index in [0.717, 1.165) is 33.5 Å². The number of carbonyl (C=O) groups is 1. The molecule has 0 aliphatic rings. The van der Waals surface area contributed by atoms with Crippen LogP contribution in [0.4, 0.5) is 0 Å². The topological polar surface area (TPSA) is 45.3 Å². The van der Waals surface area contributed by atoms with Crippen LogP contribution in [0.3, 0.4) is 0 Å². The summed E-state index contributed by atoms with van der Waals surface area (Å²) >= 11 is 0. The molecular formula is C21H24N2O2. The first-order chi connectivity index (χ1) is 12.0. The molecule has 4 heteroatoms. The van der Waals surface area contributed by atoms with Gasteiger partial charge in [-0.15, -0.1) is 0 Å². The molecule has 0 atom stereocenters. The Morgan fingerprint density at radius 3 is 2.68 bits per heavy atom. The van der Waals surface area contributed by atoms with Gasteiger partial charge < -0.3 is 9.72 Å². The van der Waals surface area contributed by atoms with E-state index < -0.39 is 0 Å². The third-order valence-electron chi connectivity index (χ3n) is 4.46. The van der Waals surface area contributed by atoms with Crippen molar-refractivity contribution in [3.8, 4) is 5.75 Å². The summed E-state index contributed by atoms with van der Waals surface area (Å²) in [5, 5.41) is 0.992. The van der Waals surface area contributed by atoms with Crippen molar-refractivity contribution < 1.29 is 9.53 Å². The van der Waals surface area contributed by atoms with Gasteiger partial charge in [-0.3, -0.25) is 9.69 Å². The first-order valence-corrected chi connectivity index (χ1v) is 8.42. The maximum Gasteiger partial charge on any atom is 0.179 e. The largest absolute Gasteiger partial charge is 0.496 e. The third kappa shape index (κ3) is 3.59. The van der Waals surface area contributed by atoms with Gasteiger partial charge in [-0.2, -0.15) is 0 Å². The van der Waals surface area contributed by atoms with Gasteiger partial charge in [0.2, 0.25) is 0 Å². The van der Waals surface area contributed by atoms with Gasteiger partial charge in [-0.25, -0.2) is 0 Å². The first kappa shape index (κ1) is 17.2. The van der Waals surface area contributed by atoms with Crippen LogP contribution in [0, 0.1) is 13.8 Å². The van der Waals surface area contributed by atoms with E-state index in [2.05, 4.69) is 18.0 Å². The highest BCUT2D eigenvalue weighted by molar-refractivity contribution is 6.10. The molecule has 0 amide bonds. The van der Waals surface area contributed by atoms with E-state index in [1.807, 2.05) is 55.3 Å². The number of benzene rings is 2. The number of hydrogen-bond acceptors (Lipinski definition) is 3. The molecule has 0 saturated heterocycles. The van der Waals surface area contributed by atoms with E-state index in [-0.39, 0.29) is 5.78 Å². The Morgan fingerprint density at radius 2 is 1.92 bits per heavy atom. The summed E-state index contributed by atoms with van der Waals surface area (Å²) < 4.78 is 5.44. The number of ketones is 1. The molecule has 1 aromatic heterocycles. The Hall–Kier alpha value is -2.59.